The molecule has 120 valence electrons. The van der Waals surface area contributed by atoms with E-state index >= 15 is 0 Å². The molecule has 0 radical (unpaired) electrons. The summed E-state index contributed by atoms with van der Waals surface area (Å²) in [5, 5.41) is 7.12. The fourth-order valence-corrected chi connectivity index (χ4v) is 3.43. The van der Waals surface area contributed by atoms with Crippen LogP contribution in [0.5, 0.6) is 0 Å². The Morgan fingerprint density at radius 1 is 0.833 bits per heavy atom. The van der Waals surface area contributed by atoms with Gasteiger partial charge in [-0.3, -0.25) is 0 Å². The third-order valence-electron chi connectivity index (χ3n) is 3.38. The van der Waals surface area contributed by atoms with Crippen molar-refractivity contribution in [2.45, 2.75) is 16.7 Å². The summed E-state index contributed by atoms with van der Waals surface area (Å²) < 4.78 is 0. The molecule has 0 fully saturated rings. The SMILES string of the molecule is Cc1cccc(NC(=S)Nc2ccccc2Sc2ccccc2)c1. The molecule has 0 saturated carbocycles. The van der Waals surface area contributed by atoms with Crippen molar-refractivity contribution in [2.24, 2.45) is 0 Å². The van der Waals surface area contributed by atoms with Gasteiger partial charge in [-0.2, -0.15) is 0 Å². The molecule has 0 amide bonds. The van der Waals surface area contributed by atoms with Gasteiger partial charge in [0.1, 0.15) is 0 Å². The monoisotopic (exact) mass is 350 g/mol. The van der Waals surface area contributed by atoms with Crippen LogP contribution in [-0.4, -0.2) is 5.11 Å². The van der Waals surface area contributed by atoms with Crippen molar-refractivity contribution >= 4 is 40.5 Å². The van der Waals surface area contributed by atoms with Gasteiger partial charge >= 0.3 is 0 Å². The van der Waals surface area contributed by atoms with Crippen LogP contribution >= 0.6 is 24.0 Å². The Kier molecular flexibility index (Phi) is 5.51. The van der Waals surface area contributed by atoms with E-state index in [1.54, 1.807) is 11.8 Å². The van der Waals surface area contributed by atoms with Crippen molar-refractivity contribution in [3.63, 3.8) is 0 Å². The van der Waals surface area contributed by atoms with Gasteiger partial charge in [-0.25, -0.2) is 0 Å². The number of thiocarbonyl (C=S) groups is 1. The second-order valence-corrected chi connectivity index (χ2v) is 6.88. The van der Waals surface area contributed by atoms with Crippen molar-refractivity contribution in [1.82, 2.24) is 0 Å². The van der Waals surface area contributed by atoms with E-state index in [1.807, 2.05) is 48.5 Å². The van der Waals surface area contributed by atoms with Crippen molar-refractivity contribution in [3.05, 3.63) is 84.4 Å². The first-order chi connectivity index (χ1) is 11.7. The molecule has 0 spiro atoms. The van der Waals surface area contributed by atoms with Gasteiger partial charge in [0.2, 0.25) is 0 Å². The molecule has 0 aliphatic heterocycles. The van der Waals surface area contributed by atoms with Gasteiger partial charge in [0.15, 0.2) is 5.11 Å². The molecule has 3 aromatic carbocycles. The Morgan fingerprint density at radius 2 is 1.58 bits per heavy atom. The second kappa shape index (κ2) is 7.99. The lowest BCUT2D eigenvalue weighted by atomic mass is 10.2. The van der Waals surface area contributed by atoms with Gasteiger partial charge in [-0.1, -0.05) is 54.2 Å². The van der Waals surface area contributed by atoms with E-state index in [4.69, 9.17) is 12.2 Å². The van der Waals surface area contributed by atoms with E-state index < -0.39 is 0 Å². The molecule has 0 bridgehead atoms. The summed E-state index contributed by atoms with van der Waals surface area (Å²) in [6, 6.07) is 26.6. The fourth-order valence-electron chi connectivity index (χ4n) is 2.28. The first-order valence-corrected chi connectivity index (χ1v) is 8.90. The maximum atomic E-state index is 5.45. The van der Waals surface area contributed by atoms with E-state index in [1.165, 1.54) is 10.5 Å². The summed E-state index contributed by atoms with van der Waals surface area (Å²) in [6.07, 6.45) is 0. The Labute approximate surface area is 152 Å². The lowest BCUT2D eigenvalue weighted by Crippen LogP contribution is -2.19. The molecule has 3 rings (SSSR count). The van der Waals surface area contributed by atoms with Crippen LogP contribution in [0.1, 0.15) is 5.56 Å². The maximum absolute atomic E-state index is 5.45. The highest BCUT2D eigenvalue weighted by Crippen LogP contribution is 2.33. The number of hydrogen-bond donors (Lipinski definition) is 2. The molecule has 3 aromatic rings. The number of benzene rings is 3. The molecule has 0 aromatic heterocycles. The topological polar surface area (TPSA) is 24.1 Å². The van der Waals surface area contributed by atoms with Crippen molar-refractivity contribution in [1.29, 1.82) is 0 Å². The number of rotatable bonds is 4. The predicted octanol–water partition coefficient (Wildman–Crippen LogP) is 5.96. The molecule has 24 heavy (non-hydrogen) atoms. The molecule has 0 atom stereocenters. The Balaban J connectivity index is 1.72. The lowest BCUT2D eigenvalue weighted by Gasteiger charge is -2.14. The molecule has 2 N–H and O–H groups in total. The van der Waals surface area contributed by atoms with Gasteiger partial charge in [0, 0.05) is 15.5 Å². The van der Waals surface area contributed by atoms with Crippen LogP contribution in [0.15, 0.2) is 88.7 Å². The predicted molar refractivity (Wildman–Crippen MR) is 108 cm³/mol. The van der Waals surface area contributed by atoms with Crippen LogP contribution in [0, 0.1) is 6.92 Å². The van der Waals surface area contributed by atoms with E-state index in [9.17, 15) is 0 Å². The molecule has 0 saturated heterocycles. The lowest BCUT2D eigenvalue weighted by molar-refractivity contribution is 1.40. The number of aryl methyl sites for hydroxylation is 1. The van der Waals surface area contributed by atoms with E-state index in [2.05, 4.69) is 47.9 Å². The first kappa shape index (κ1) is 16.6. The van der Waals surface area contributed by atoms with Crippen LogP contribution in [-0.2, 0) is 0 Å². The van der Waals surface area contributed by atoms with E-state index in [-0.39, 0.29) is 0 Å². The smallest absolute Gasteiger partial charge is 0.175 e. The highest BCUT2D eigenvalue weighted by atomic mass is 32.2. The number of para-hydroxylation sites is 1. The molecule has 2 nitrogen and oxygen atoms in total. The van der Waals surface area contributed by atoms with Gasteiger partial charge in [-0.15, -0.1) is 0 Å². The van der Waals surface area contributed by atoms with Crippen molar-refractivity contribution < 1.29 is 0 Å². The Bertz CT molecular complexity index is 832. The zero-order chi connectivity index (χ0) is 16.8. The Morgan fingerprint density at radius 3 is 2.38 bits per heavy atom. The first-order valence-electron chi connectivity index (χ1n) is 7.67. The minimum Gasteiger partial charge on any atom is -0.332 e. The zero-order valence-corrected chi connectivity index (χ0v) is 15.0. The third-order valence-corrected chi connectivity index (χ3v) is 4.67. The van der Waals surface area contributed by atoms with Crippen molar-refractivity contribution in [3.8, 4) is 0 Å². The standard InChI is InChI=1S/C20H18N2S2/c1-15-8-7-9-16(14-15)21-20(23)22-18-12-5-6-13-19(18)24-17-10-3-2-4-11-17/h2-14H,1H3,(H2,21,22,23). The summed E-state index contributed by atoms with van der Waals surface area (Å²) in [6.45, 7) is 2.06. The number of nitrogens with one attached hydrogen (secondary N) is 2. The average Bonchev–Trinajstić information content (AvgIpc) is 2.57. The minimum absolute atomic E-state index is 0.585. The second-order valence-electron chi connectivity index (χ2n) is 5.36. The van der Waals surface area contributed by atoms with Gasteiger partial charge in [0.25, 0.3) is 0 Å². The average molecular weight is 351 g/mol. The number of hydrogen-bond acceptors (Lipinski definition) is 2. The summed E-state index contributed by atoms with van der Waals surface area (Å²) in [5.74, 6) is 0. The maximum Gasteiger partial charge on any atom is 0.175 e. The molecule has 0 aliphatic carbocycles. The number of anilines is 2. The Hall–Kier alpha value is -2.30. The summed E-state index contributed by atoms with van der Waals surface area (Å²) in [5.41, 5.74) is 3.18. The largest absolute Gasteiger partial charge is 0.332 e. The molecule has 4 heteroatoms. The molecule has 0 aliphatic rings. The van der Waals surface area contributed by atoms with Crippen molar-refractivity contribution in [2.75, 3.05) is 10.6 Å². The third kappa shape index (κ3) is 4.60. The van der Waals surface area contributed by atoms with Gasteiger partial charge < -0.3 is 10.6 Å². The van der Waals surface area contributed by atoms with E-state index in [0.29, 0.717) is 5.11 Å². The summed E-state index contributed by atoms with van der Waals surface area (Å²) in [4.78, 5) is 2.33. The van der Waals surface area contributed by atoms with Gasteiger partial charge in [0.05, 0.1) is 5.69 Å². The van der Waals surface area contributed by atoms with Gasteiger partial charge in [-0.05, 0) is 61.1 Å². The van der Waals surface area contributed by atoms with Crippen LogP contribution in [0.25, 0.3) is 0 Å². The molecular formula is C20H18N2S2. The fraction of sp³-hybridized carbons (Fsp3) is 0.0500. The summed E-state index contributed by atoms with van der Waals surface area (Å²) >= 11 is 7.17. The highest BCUT2D eigenvalue weighted by molar-refractivity contribution is 7.99. The van der Waals surface area contributed by atoms with Crippen LogP contribution in [0.3, 0.4) is 0 Å². The van der Waals surface area contributed by atoms with E-state index in [0.717, 1.165) is 16.3 Å². The minimum atomic E-state index is 0.585. The highest BCUT2D eigenvalue weighted by Gasteiger charge is 2.06. The van der Waals surface area contributed by atoms with Crippen LogP contribution in [0.2, 0.25) is 0 Å². The van der Waals surface area contributed by atoms with Crippen LogP contribution in [0.4, 0.5) is 11.4 Å². The quantitative estimate of drug-likeness (QED) is 0.567. The zero-order valence-electron chi connectivity index (χ0n) is 13.3. The normalized spacial score (nSPS) is 10.2. The summed E-state index contributed by atoms with van der Waals surface area (Å²) in [7, 11) is 0. The molecule has 0 unspecified atom stereocenters. The molecule has 0 heterocycles. The molecular weight excluding hydrogens is 332 g/mol. The van der Waals surface area contributed by atoms with Crippen LogP contribution < -0.4 is 10.6 Å².